The number of hydrogen-bond donors (Lipinski definition) is 0. The Bertz CT molecular complexity index is 549. The van der Waals surface area contributed by atoms with Crippen LogP contribution in [-0.4, -0.2) is 16.0 Å². The highest BCUT2D eigenvalue weighted by atomic mass is 16.5. The van der Waals surface area contributed by atoms with Crippen LogP contribution in [0.5, 0.6) is 5.75 Å². The lowest BCUT2D eigenvalue weighted by molar-refractivity contribution is 0.0691. The van der Waals surface area contributed by atoms with Gasteiger partial charge in [-0.15, -0.1) is 0 Å². The maximum Gasteiger partial charge on any atom is 0.140 e. The molecule has 0 spiro atoms. The van der Waals surface area contributed by atoms with Crippen LogP contribution in [0.1, 0.15) is 25.7 Å². The Labute approximate surface area is 100 Å². The molecule has 3 aliphatic rings. The van der Waals surface area contributed by atoms with E-state index in [4.69, 9.17) is 4.74 Å². The molecule has 0 unspecified atom stereocenters. The minimum absolute atomic E-state index is 0.520. The zero-order valence-corrected chi connectivity index (χ0v) is 9.80. The van der Waals surface area contributed by atoms with Crippen molar-refractivity contribution in [3.05, 3.63) is 30.7 Å². The van der Waals surface area contributed by atoms with Gasteiger partial charge >= 0.3 is 0 Å². The van der Waals surface area contributed by atoms with Crippen LogP contribution < -0.4 is 4.74 Å². The molecule has 88 valence electrons. The number of aromatic nitrogens is 2. The number of fused-ring (bicyclic) bond motifs is 2. The summed E-state index contributed by atoms with van der Waals surface area (Å²) in [4.78, 5) is 4.27. The summed E-state index contributed by atoms with van der Waals surface area (Å²) in [7, 11) is 0. The molecule has 2 heterocycles. The first-order chi connectivity index (χ1) is 8.33. The van der Waals surface area contributed by atoms with Crippen LogP contribution in [0.3, 0.4) is 0 Å². The predicted molar refractivity (Wildman–Crippen MR) is 65.1 cm³/mol. The van der Waals surface area contributed by atoms with E-state index in [1.165, 1.54) is 25.7 Å². The molecule has 0 atom stereocenters. The Hall–Kier alpha value is -1.51. The Balaban J connectivity index is 1.51. The van der Waals surface area contributed by atoms with Gasteiger partial charge in [-0.1, -0.05) is 0 Å². The summed E-state index contributed by atoms with van der Waals surface area (Å²) >= 11 is 0. The molecule has 2 aromatic heterocycles. The van der Waals surface area contributed by atoms with E-state index in [1.807, 2.05) is 35.1 Å². The zero-order valence-electron chi connectivity index (χ0n) is 9.80. The minimum Gasteiger partial charge on any atom is -0.493 e. The first kappa shape index (κ1) is 9.51. The van der Waals surface area contributed by atoms with E-state index in [0.29, 0.717) is 5.41 Å². The molecule has 0 amide bonds. The molecule has 3 heteroatoms. The third-order valence-electron chi connectivity index (χ3n) is 4.44. The van der Waals surface area contributed by atoms with E-state index in [9.17, 15) is 0 Å². The molecule has 17 heavy (non-hydrogen) atoms. The standard InChI is InChI=1S/C14H16N2O/c1-3-14(8-11(1)9-14)10-17-12-2-5-16-6-4-15-13(16)7-12/h2,4-7,11H,1,3,8-10H2. The van der Waals surface area contributed by atoms with Gasteiger partial charge in [0.05, 0.1) is 6.61 Å². The summed E-state index contributed by atoms with van der Waals surface area (Å²) in [5, 5.41) is 0. The van der Waals surface area contributed by atoms with E-state index in [2.05, 4.69) is 4.98 Å². The van der Waals surface area contributed by atoms with Gasteiger partial charge in [0.1, 0.15) is 11.4 Å². The third-order valence-corrected chi connectivity index (χ3v) is 4.44. The van der Waals surface area contributed by atoms with Crippen molar-refractivity contribution in [2.45, 2.75) is 25.7 Å². The lowest BCUT2D eigenvalue weighted by Crippen LogP contribution is -2.33. The number of nitrogens with zero attached hydrogens (tertiary/aromatic N) is 2. The second kappa shape index (κ2) is 3.25. The molecule has 0 saturated heterocycles. The van der Waals surface area contributed by atoms with Gasteiger partial charge in [-0.05, 0) is 37.7 Å². The Morgan fingerprint density at radius 2 is 2.35 bits per heavy atom. The van der Waals surface area contributed by atoms with Crippen molar-refractivity contribution in [1.29, 1.82) is 0 Å². The molecule has 0 aliphatic heterocycles. The van der Waals surface area contributed by atoms with Gasteiger partial charge in [0.2, 0.25) is 0 Å². The first-order valence-electron chi connectivity index (χ1n) is 6.39. The molecule has 5 rings (SSSR count). The van der Waals surface area contributed by atoms with E-state index in [0.717, 1.165) is 23.9 Å². The van der Waals surface area contributed by atoms with Gasteiger partial charge in [0.15, 0.2) is 0 Å². The van der Waals surface area contributed by atoms with Crippen molar-refractivity contribution >= 4 is 5.65 Å². The summed E-state index contributed by atoms with van der Waals surface area (Å²) in [5.41, 5.74) is 1.48. The minimum atomic E-state index is 0.520. The molecular weight excluding hydrogens is 212 g/mol. The molecule has 0 N–H and O–H groups in total. The second-order valence-electron chi connectivity index (χ2n) is 5.66. The number of ether oxygens (including phenoxy) is 1. The first-order valence-corrected chi connectivity index (χ1v) is 6.39. The Morgan fingerprint density at radius 3 is 3.18 bits per heavy atom. The second-order valence-corrected chi connectivity index (χ2v) is 5.66. The number of imidazole rings is 1. The fourth-order valence-corrected chi connectivity index (χ4v) is 3.49. The maximum absolute atomic E-state index is 5.96. The topological polar surface area (TPSA) is 26.5 Å². The van der Waals surface area contributed by atoms with Crippen LogP contribution in [0.4, 0.5) is 0 Å². The SMILES string of the molecule is c1cn2ccc(OCC34CCC(C3)C4)cc2n1. The summed E-state index contributed by atoms with van der Waals surface area (Å²) in [6.45, 7) is 0.889. The van der Waals surface area contributed by atoms with Crippen molar-refractivity contribution in [2.75, 3.05) is 6.61 Å². The van der Waals surface area contributed by atoms with Crippen molar-refractivity contribution in [3.8, 4) is 5.75 Å². The number of pyridine rings is 1. The normalized spacial score (nSPS) is 30.5. The van der Waals surface area contributed by atoms with Crippen molar-refractivity contribution in [3.63, 3.8) is 0 Å². The molecule has 2 aromatic rings. The molecule has 0 radical (unpaired) electrons. The maximum atomic E-state index is 5.96. The summed E-state index contributed by atoms with van der Waals surface area (Å²) < 4.78 is 7.96. The van der Waals surface area contributed by atoms with Gasteiger partial charge in [-0.3, -0.25) is 0 Å². The zero-order chi connectivity index (χ0) is 11.3. The van der Waals surface area contributed by atoms with Gasteiger partial charge in [0, 0.05) is 30.1 Å². The smallest absolute Gasteiger partial charge is 0.140 e. The average Bonchev–Trinajstić information content (AvgIpc) is 3.00. The van der Waals surface area contributed by atoms with Crippen LogP contribution in [0.2, 0.25) is 0 Å². The van der Waals surface area contributed by atoms with E-state index in [-0.39, 0.29) is 0 Å². The van der Waals surface area contributed by atoms with Crippen LogP contribution in [-0.2, 0) is 0 Å². The summed E-state index contributed by atoms with van der Waals surface area (Å²) in [5.74, 6) is 1.96. The Morgan fingerprint density at radius 1 is 1.41 bits per heavy atom. The van der Waals surface area contributed by atoms with Gasteiger partial charge in [0.25, 0.3) is 0 Å². The molecule has 3 aliphatic carbocycles. The molecule has 3 fully saturated rings. The van der Waals surface area contributed by atoms with E-state index < -0.39 is 0 Å². The highest BCUT2D eigenvalue weighted by molar-refractivity contribution is 5.44. The van der Waals surface area contributed by atoms with Crippen molar-refractivity contribution in [1.82, 2.24) is 9.38 Å². The summed E-state index contributed by atoms with van der Waals surface area (Å²) in [6, 6.07) is 4.04. The lowest BCUT2D eigenvalue weighted by Gasteiger charge is -2.37. The highest BCUT2D eigenvalue weighted by Crippen LogP contribution is 2.58. The fourth-order valence-electron chi connectivity index (χ4n) is 3.49. The average molecular weight is 228 g/mol. The lowest BCUT2D eigenvalue weighted by atomic mass is 9.70. The van der Waals surface area contributed by atoms with Gasteiger partial charge < -0.3 is 9.14 Å². The van der Waals surface area contributed by atoms with Crippen LogP contribution in [0.15, 0.2) is 30.7 Å². The Kier molecular flexibility index (Phi) is 1.82. The quantitative estimate of drug-likeness (QED) is 0.807. The van der Waals surface area contributed by atoms with Gasteiger partial charge in [-0.2, -0.15) is 0 Å². The monoisotopic (exact) mass is 228 g/mol. The molecule has 3 saturated carbocycles. The third kappa shape index (κ3) is 1.45. The molecular formula is C14H16N2O. The van der Waals surface area contributed by atoms with Gasteiger partial charge in [-0.25, -0.2) is 4.98 Å². The molecule has 2 bridgehead atoms. The van der Waals surface area contributed by atoms with E-state index >= 15 is 0 Å². The fraction of sp³-hybridized carbons (Fsp3) is 0.500. The molecule has 3 nitrogen and oxygen atoms in total. The molecule has 0 aromatic carbocycles. The number of rotatable bonds is 3. The predicted octanol–water partition coefficient (Wildman–Crippen LogP) is 2.90. The van der Waals surface area contributed by atoms with Crippen LogP contribution in [0.25, 0.3) is 5.65 Å². The highest BCUT2D eigenvalue weighted by Gasteiger charge is 2.50. The van der Waals surface area contributed by atoms with Crippen LogP contribution >= 0.6 is 0 Å². The summed E-state index contributed by atoms with van der Waals surface area (Å²) in [6.07, 6.45) is 11.3. The number of hydrogen-bond acceptors (Lipinski definition) is 2. The van der Waals surface area contributed by atoms with Crippen molar-refractivity contribution in [2.24, 2.45) is 11.3 Å². The van der Waals surface area contributed by atoms with Crippen LogP contribution in [0, 0.1) is 11.3 Å². The van der Waals surface area contributed by atoms with E-state index in [1.54, 1.807) is 0 Å². The van der Waals surface area contributed by atoms with Crippen molar-refractivity contribution < 1.29 is 4.74 Å². The largest absolute Gasteiger partial charge is 0.493 e.